The van der Waals surface area contributed by atoms with Crippen molar-refractivity contribution in [3.05, 3.63) is 35.5 Å². The Bertz CT molecular complexity index is 1000. The number of allylic oxidation sites excluding steroid dienone is 1. The molecule has 0 amide bonds. The molecule has 3 heterocycles. The maximum atomic E-state index is 5.48. The van der Waals surface area contributed by atoms with Crippen molar-refractivity contribution in [2.75, 3.05) is 48.3 Å². The Labute approximate surface area is 208 Å². The zero-order chi connectivity index (χ0) is 24.6. The van der Waals surface area contributed by atoms with Crippen LogP contribution in [0, 0.1) is 5.92 Å². The molecule has 2 aliphatic rings. The van der Waals surface area contributed by atoms with Gasteiger partial charge in [0.25, 0.3) is 0 Å². The lowest BCUT2D eigenvalue weighted by molar-refractivity contribution is 0.270. The van der Waals surface area contributed by atoms with Crippen LogP contribution in [-0.4, -0.2) is 59.0 Å². The normalized spacial score (nSPS) is 17.4. The van der Waals surface area contributed by atoms with Crippen molar-refractivity contribution in [2.45, 2.75) is 59.4 Å². The van der Waals surface area contributed by atoms with Crippen molar-refractivity contribution in [3.63, 3.8) is 0 Å². The van der Waals surface area contributed by atoms with Crippen LogP contribution >= 0.6 is 0 Å². The van der Waals surface area contributed by atoms with Crippen LogP contribution in [-0.2, 0) is 6.54 Å². The van der Waals surface area contributed by atoms with Crippen LogP contribution in [0.4, 0.5) is 17.6 Å². The molecule has 2 fully saturated rings. The third kappa shape index (κ3) is 7.42. The number of rotatable bonds is 12. The molecule has 35 heavy (non-hydrogen) atoms. The minimum absolute atomic E-state index is 0.323. The monoisotopic (exact) mass is 481 g/mol. The topological polar surface area (TPSA) is 107 Å². The summed E-state index contributed by atoms with van der Waals surface area (Å²) in [5.41, 5.74) is 4.08. The van der Waals surface area contributed by atoms with Gasteiger partial charge in [0.15, 0.2) is 5.76 Å². The Hall–Kier alpha value is -3.14. The summed E-state index contributed by atoms with van der Waals surface area (Å²) < 4.78 is 5.48. The van der Waals surface area contributed by atoms with Crippen LogP contribution in [0.25, 0.3) is 0 Å². The molecule has 0 radical (unpaired) electrons. The molecule has 0 atom stereocenters. The molecular formula is C25H39N9O. The highest BCUT2D eigenvalue weighted by atomic mass is 16.5. The molecule has 2 aromatic heterocycles. The first kappa shape index (κ1) is 25.0. The average Bonchev–Trinajstić information content (AvgIpc) is 3.56. The van der Waals surface area contributed by atoms with E-state index in [0.29, 0.717) is 30.1 Å². The van der Waals surface area contributed by atoms with Gasteiger partial charge in [-0.25, -0.2) is 0 Å². The summed E-state index contributed by atoms with van der Waals surface area (Å²) in [6.45, 7) is 14.0. The second kappa shape index (κ2) is 12.0. The molecule has 4 rings (SSSR count). The number of likely N-dealkylation sites (N-methyl/N-ethyl adjacent to an activating group) is 1. The summed E-state index contributed by atoms with van der Waals surface area (Å²) in [5, 5.41) is 15.3. The van der Waals surface area contributed by atoms with E-state index in [1.165, 1.54) is 12.8 Å². The molecule has 0 aromatic carbocycles. The highest BCUT2D eigenvalue weighted by molar-refractivity contribution is 5.63. The van der Waals surface area contributed by atoms with E-state index in [2.05, 4.69) is 69.9 Å². The second-order valence-corrected chi connectivity index (χ2v) is 9.46. The van der Waals surface area contributed by atoms with E-state index in [0.717, 1.165) is 62.2 Å². The van der Waals surface area contributed by atoms with Gasteiger partial charge in [0.1, 0.15) is 17.5 Å². The van der Waals surface area contributed by atoms with Gasteiger partial charge in [-0.3, -0.25) is 5.43 Å². The van der Waals surface area contributed by atoms with Crippen LogP contribution in [0.1, 0.15) is 64.3 Å². The molecule has 2 aromatic rings. The van der Waals surface area contributed by atoms with E-state index in [4.69, 9.17) is 14.5 Å². The van der Waals surface area contributed by atoms with Gasteiger partial charge in [-0.1, -0.05) is 32.9 Å². The van der Waals surface area contributed by atoms with Gasteiger partial charge in [-0.15, -0.1) is 0 Å². The summed E-state index contributed by atoms with van der Waals surface area (Å²) in [6, 6.07) is 3.99. The van der Waals surface area contributed by atoms with Crippen molar-refractivity contribution in [2.24, 2.45) is 11.0 Å². The molecule has 3 N–H and O–H groups in total. The third-order valence-electron chi connectivity index (χ3n) is 6.21. The van der Waals surface area contributed by atoms with Gasteiger partial charge >= 0.3 is 0 Å². The maximum Gasteiger partial charge on any atom is 0.227 e. The molecule has 0 spiro atoms. The quantitative estimate of drug-likeness (QED) is 0.306. The van der Waals surface area contributed by atoms with Crippen molar-refractivity contribution < 1.29 is 4.52 Å². The first-order valence-electron chi connectivity index (χ1n) is 12.9. The van der Waals surface area contributed by atoms with Gasteiger partial charge < -0.3 is 25.0 Å². The average molecular weight is 482 g/mol. The Kier molecular flexibility index (Phi) is 8.57. The number of nitrogens with zero attached hydrogens (tertiary/aromatic N) is 6. The lowest BCUT2D eigenvalue weighted by Crippen LogP contribution is -2.46. The zero-order valence-corrected chi connectivity index (χ0v) is 21.4. The fourth-order valence-corrected chi connectivity index (χ4v) is 3.81. The van der Waals surface area contributed by atoms with E-state index >= 15 is 0 Å². The van der Waals surface area contributed by atoms with Crippen molar-refractivity contribution in [1.82, 2.24) is 25.5 Å². The largest absolute Gasteiger partial charge is 0.359 e. The SMILES string of the molecule is CC/C=C(\N/N=C/C1CC1)Nc1cc(N2CCN(CC)CC2)nc(NCc2cc(C(C)C)no2)n1. The predicted molar refractivity (Wildman–Crippen MR) is 141 cm³/mol. The Balaban J connectivity index is 1.50. The summed E-state index contributed by atoms with van der Waals surface area (Å²) in [5.74, 6) is 4.67. The Morgan fingerprint density at radius 1 is 1.17 bits per heavy atom. The third-order valence-corrected chi connectivity index (χ3v) is 6.21. The molecule has 1 saturated carbocycles. The molecule has 0 unspecified atom stereocenters. The number of aromatic nitrogens is 3. The van der Waals surface area contributed by atoms with Gasteiger partial charge in [-0.05, 0) is 43.7 Å². The minimum atomic E-state index is 0.323. The molecule has 190 valence electrons. The standard InChI is InChI=1S/C25H39N9O/c1-5-7-22(31-27-16-19-8-9-19)28-23-15-24(34-12-10-33(6-2)11-13-34)30-25(29-23)26-17-20-14-21(18(3)4)32-35-20/h7,14-16,18-19,31H,5-6,8-13,17H2,1-4H3,(H2,26,28,29,30)/b22-7-,27-16+. The molecular weight excluding hydrogens is 442 g/mol. The first-order valence-corrected chi connectivity index (χ1v) is 12.9. The van der Waals surface area contributed by atoms with E-state index < -0.39 is 0 Å². The summed E-state index contributed by atoms with van der Waals surface area (Å²) >= 11 is 0. The number of hydrogen-bond acceptors (Lipinski definition) is 10. The van der Waals surface area contributed by atoms with Crippen molar-refractivity contribution >= 4 is 23.8 Å². The molecule has 1 saturated heterocycles. The van der Waals surface area contributed by atoms with E-state index in [9.17, 15) is 0 Å². The van der Waals surface area contributed by atoms with Gasteiger partial charge in [-0.2, -0.15) is 15.1 Å². The number of piperazine rings is 1. The van der Waals surface area contributed by atoms with E-state index in [-0.39, 0.29) is 0 Å². The smallest absolute Gasteiger partial charge is 0.227 e. The Morgan fingerprint density at radius 2 is 1.97 bits per heavy atom. The van der Waals surface area contributed by atoms with Gasteiger partial charge in [0, 0.05) is 44.5 Å². The molecule has 10 heteroatoms. The zero-order valence-electron chi connectivity index (χ0n) is 21.4. The minimum Gasteiger partial charge on any atom is -0.359 e. The Morgan fingerprint density at radius 3 is 2.63 bits per heavy atom. The van der Waals surface area contributed by atoms with Crippen LogP contribution in [0.2, 0.25) is 0 Å². The number of hydrogen-bond donors (Lipinski definition) is 3. The molecule has 10 nitrogen and oxygen atoms in total. The second-order valence-electron chi connectivity index (χ2n) is 9.46. The van der Waals surface area contributed by atoms with Gasteiger partial charge in [0.05, 0.1) is 12.2 Å². The fraction of sp³-hybridized carbons (Fsp3) is 0.600. The first-order chi connectivity index (χ1) is 17.0. The van der Waals surface area contributed by atoms with Gasteiger partial charge in [0.2, 0.25) is 5.95 Å². The molecule has 1 aliphatic heterocycles. The predicted octanol–water partition coefficient (Wildman–Crippen LogP) is 3.99. The summed E-state index contributed by atoms with van der Waals surface area (Å²) in [6.07, 6.45) is 7.39. The molecule has 1 aliphatic carbocycles. The lowest BCUT2D eigenvalue weighted by atomic mass is 10.1. The highest BCUT2D eigenvalue weighted by Gasteiger charge is 2.20. The number of nitrogens with one attached hydrogen (secondary N) is 3. The van der Waals surface area contributed by atoms with Crippen LogP contribution in [0.3, 0.4) is 0 Å². The number of anilines is 3. The fourth-order valence-electron chi connectivity index (χ4n) is 3.81. The summed E-state index contributed by atoms with van der Waals surface area (Å²) in [4.78, 5) is 14.3. The van der Waals surface area contributed by atoms with Crippen LogP contribution in [0.5, 0.6) is 0 Å². The van der Waals surface area contributed by atoms with Crippen LogP contribution in [0.15, 0.2) is 33.7 Å². The highest BCUT2D eigenvalue weighted by Crippen LogP contribution is 2.26. The summed E-state index contributed by atoms with van der Waals surface area (Å²) in [7, 11) is 0. The number of hydrazone groups is 1. The maximum absolute atomic E-state index is 5.48. The molecule has 0 bridgehead atoms. The van der Waals surface area contributed by atoms with Crippen molar-refractivity contribution in [1.29, 1.82) is 0 Å². The van der Waals surface area contributed by atoms with E-state index in [1.54, 1.807) is 0 Å². The van der Waals surface area contributed by atoms with E-state index in [1.807, 2.05) is 18.3 Å². The van der Waals surface area contributed by atoms with Crippen LogP contribution < -0.4 is 21.0 Å². The lowest BCUT2D eigenvalue weighted by Gasteiger charge is -2.35. The van der Waals surface area contributed by atoms with Crippen molar-refractivity contribution in [3.8, 4) is 0 Å².